The Kier molecular flexibility index (Phi) is 3.51. The zero-order chi connectivity index (χ0) is 13.5. The zero-order valence-corrected chi connectivity index (χ0v) is 12.3. The van der Waals surface area contributed by atoms with Crippen molar-refractivity contribution in [3.8, 4) is 0 Å². The fourth-order valence-corrected chi connectivity index (χ4v) is 5.70. The highest BCUT2D eigenvalue weighted by atomic mass is 32.2. The topological polar surface area (TPSA) is 54.5 Å². The lowest BCUT2D eigenvalue weighted by atomic mass is 10.0. The number of carbonyl (C=O) groups is 1. The number of hydrogen-bond donors (Lipinski definition) is 0. The summed E-state index contributed by atoms with van der Waals surface area (Å²) >= 11 is 1.25. The predicted molar refractivity (Wildman–Crippen MR) is 71.4 cm³/mol. The molecule has 0 aliphatic carbocycles. The van der Waals surface area contributed by atoms with Crippen LogP contribution in [0.3, 0.4) is 0 Å². The molecule has 18 heavy (non-hydrogen) atoms. The first-order valence-electron chi connectivity index (χ1n) is 5.98. The third kappa shape index (κ3) is 1.97. The van der Waals surface area contributed by atoms with Crippen LogP contribution in [0.4, 0.5) is 0 Å². The molecule has 2 heterocycles. The highest BCUT2D eigenvalue weighted by molar-refractivity contribution is 7.94. The minimum atomic E-state index is -3.20. The average Bonchev–Trinajstić information content (AvgIpc) is 2.76. The highest BCUT2D eigenvalue weighted by Gasteiger charge is 2.39. The molecule has 1 amide bonds. The van der Waals surface area contributed by atoms with E-state index >= 15 is 0 Å². The maximum Gasteiger partial charge on any atom is 0.219 e. The first-order valence-corrected chi connectivity index (χ1v) is 8.40. The van der Waals surface area contributed by atoms with Gasteiger partial charge < -0.3 is 4.90 Å². The van der Waals surface area contributed by atoms with Crippen LogP contribution in [0.5, 0.6) is 0 Å². The summed E-state index contributed by atoms with van der Waals surface area (Å²) in [6.07, 6.45) is 0.486. The molecule has 100 valence electrons. The Labute approximate surface area is 112 Å². The van der Waals surface area contributed by atoms with E-state index in [0.717, 1.165) is 5.56 Å². The summed E-state index contributed by atoms with van der Waals surface area (Å²) in [5.41, 5.74) is 0.787. The number of nitrogens with zero attached hydrogens (tertiary/aromatic N) is 1. The van der Waals surface area contributed by atoms with Gasteiger partial charge in [-0.3, -0.25) is 4.79 Å². The van der Waals surface area contributed by atoms with Crippen molar-refractivity contribution in [2.75, 3.05) is 6.54 Å². The quantitative estimate of drug-likeness (QED) is 0.838. The van der Waals surface area contributed by atoms with Crippen molar-refractivity contribution in [3.05, 3.63) is 17.0 Å². The van der Waals surface area contributed by atoms with Crippen molar-refractivity contribution in [3.63, 3.8) is 0 Å². The maximum atomic E-state index is 12.2. The van der Waals surface area contributed by atoms with Crippen LogP contribution in [-0.4, -0.2) is 31.0 Å². The number of carbonyl (C=O) groups excluding carboxylic acids is 1. The Morgan fingerprint density at radius 3 is 2.78 bits per heavy atom. The lowest BCUT2D eigenvalue weighted by molar-refractivity contribution is -0.131. The summed E-state index contributed by atoms with van der Waals surface area (Å²) in [5, 5.41) is 1.36. The van der Waals surface area contributed by atoms with E-state index in [2.05, 4.69) is 0 Å². The van der Waals surface area contributed by atoms with E-state index < -0.39 is 15.1 Å². The standard InChI is InChI=1S/C12H17NO3S2/c1-4-13(9(3)14)11-7-8(2)18(15,16)12-10(11)5-6-17-12/h5-6,8,11H,4,7H2,1-3H3. The van der Waals surface area contributed by atoms with Crippen LogP contribution in [0, 0.1) is 0 Å². The van der Waals surface area contributed by atoms with Crippen molar-refractivity contribution in [2.45, 2.75) is 42.7 Å². The van der Waals surface area contributed by atoms with Gasteiger partial charge in [0.05, 0.1) is 11.3 Å². The molecule has 0 fully saturated rings. The zero-order valence-electron chi connectivity index (χ0n) is 10.7. The van der Waals surface area contributed by atoms with Crippen LogP contribution in [0.1, 0.15) is 38.8 Å². The van der Waals surface area contributed by atoms with Gasteiger partial charge in [0, 0.05) is 19.0 Å². The Morgan fingerprint density at radius 2 is 2.22 bits per heavy atom. The number of amides is 1. The molecule has 1 aromatic rings. The molecule has 0 bridgehead atoms. The monoisotopic (exact) mass is 287 g/mol. The first kappa shape index (κ1) is 13.5. The molecule has 1 aromatic heterocycles. The number of rotatable bonds is 2. The lowest BCUT2D eigenvalue weighted by Crippen LogP contribution is -2.39. The van der Waals surface area contributed by atoms with Crippen LogP contribution in [0.25, 0.3) is 0 Å². The van der Waals surface area contributed by atoms with Crippen LogP contribution in [-0.2, 0) is 14.6 Å². The molecule has 1 aliphatic heterocycles. The number of sulfone groups is 1. The van der Waals surface area contributed by atoms with Gasteiger partial charge in [0.1, 0.15) is 4.21 Å². The van der Waals surface area contributed by atoms with Crippen LogP contribution in [0.15, 0.2) is 15.7 Å². The molecule has 2 unspecified atom stereocenters. The highest BCUT2D eigenvalue weighted by Crippen LogP contribution is 2.42. The second-order valence-electron chi connectivity index (χ2n) is 4.58. The molecule has 0 N–H and O–H groups in total. The van der Waals surface area contributed by atoms with E-state index in [1.165, 1.54) is 18.3 Å². The minimum Gasteiger partial charge on any atom is -0.336 e. The molecule has 0 saturated heterocycles. The molecule has 6 heteroatoms. The van der Waals surface area contributed by atoms with Gasteiger partial charge >= 0.3 is 0 Å². The van der Waals surface area contributed by atoms with Gasteiger partial charge in [0.15, 0.2) is 9.84 Å². The summed E-state index contributed by atoms with van der Waals surface area (Å²) < 4.78 is 24.8. The number of thiophene rings is 1. The molecule has 0 spiro atoms. The van der Waals surface area contributed by atoms with E-state index in [1.807, 2.05) is 13.0 Å². The summed E-state index contributed by atoms with van der Waals surface area (Å²) in [6.45, 7) is 5.77. The summed E-state index contributed by atoms with van der Waals surface area (Å²) in [6, 6.07) is 1.73. The van der Waals surface area contributed by atoms with Gasteiger partial charge in [0.2, 0.25) is 5.91 Å². The third-order valence-electron chi connectivity index (χ3n) is 3.48. The molecule has 0 saturated carbocycles. The molecule has 1 aliphatic rings. The number of hydrogen-bond acceptors (Lipinski definition) is 4. The molecular formula is C12H17NO3S2. The largest absolute Gasteiger partial charge is 0.336 e. The fourth-order valence-electron chi connectivity index (χ4n) is 2.49. The summed E-state index contributed by atoms with van der Waals surface area (Å²) in [7, 11) is -3.20. The molecule has 4 nitrogen and oxygen atoms in total. The summed E-state index contributed by atoms with van der Waals surface area (Å²) in [5.74, 6) is -0.00820. The minimum absolute atomic E-state index is 0.00820. The van der Waals surface area contributed by atoms with Gasteiger partial charge in [-0.05, 0) is 31.7 Å². The maximum absolute atomic E-state index is 12.2. The van der Waals surface area contributed by atoms with E-state index in [0.29, 0.717) is 17.2 Å². The second-order valence-corrected chi connectivity index (χ2v) is 8.05. The smallest absolute Gasteiger partial charge is 0.219 e. The fraction of sp³-hybridized carbons (Fsp3) is 0.583. The Hall–Kier alpha value is -0.880. The molecule has 0 aromatic carbocycles. The number of fused-ring (bicyclic) bond motifs is 1. The van der Waals surface area contributed by atoms with Crippen LogP contribution < -0.4 is 0 Å². The SMILES string of the molecule is CCN(C(C)=O)C1CC(C)S(=O)(=O)c2sccc21. The Morgan fingerprint density at radius 1 is 1.56 bits per heavy atom. The normalized spacial score (nSPS) is 25.5. The molecule has 2 atom stereocenters. The van der Waals surface area contributed by atoms with Crippen LogP contribution >= 0.6 is 11.3 Å². The van der Waals surface area contributed by atoms with Crippen molar-refractivity contribution in [1.82, 2.24) is 4.90 Å². The molecule has 0 radical (unpaired) electrons. The second kappa shape index (κ2) is 4.66. The van der Waals surface area contributed by atoms with E-state index in [-0.39, 0.29) is 11.9 Å². The van der Waals surface area contributed by atoms with Gasteiger partial charge in [0.25, 0.3) is 0 Å². The summed E-state index contributed by atoms with van der Waals surface area (Å²) in [4.78, 5) is 13.4. The van der Waals surface area contributed by atoms with Gasteiger partial charge in [-0.25, -0.2) is 8.42 Å². The third-order valence-corrected chi connectivity index (χ3v) is 7.19. The van der Waals surface area contributed by atoms with E-state index in [1.54, 1.807) is 17.2 Å². The lowest BCUT2D eigenvalue weighted by Gasteiger charge is -2.35. The van der Waals surface area contributed by atoms with Crippen molar-refractivity contribution in [2.24, 2.45) is 0 Å². The average molecular weight is 287 g/mol. The van der Waals surface area contributed by atoms with Crippen LogP contribution in [0.2, 0.25) is 0 Å². The van der Waals surface area contributed by atoms with Gasteiger partial charge in [-0.1, -0.05) is 0 Å². The first-order chi connectivity index (χ1) is 8.39. The predicted octanol–water partition coefficient (Wildman–Crippen LogP) is 2.22. The molecule has 2 rings (SSSR count). The van der Waals surface area contributed by atoms with E-state index in [4.69, 9.17) is 0 Å². The van der Waals surface area contributed by atoms with Crippen molar-refractivity contribution in [1.29, 1.82) is 0 Å². The Balaban J connectivity index is 2.52. The van der Waals surface area contributed by atoms with Crippen molar-refractivity contribution >= 4 is 27.1 Å². The molecular weight excluding hydrogens is 270 g/mol. The van der Waals surface area contributed by atoms with Gasteiger partial charge in [-0.15, -0.1) is 11.3 Å². The Bertz CT molecular complexity index is 562. The van der Waals surface area contributed by atoms with E-state index in [9.17, 15) is 13.2 Å². The van der Waals surface area contributed by atoms with Crippen molar-refractivity contribution < 1.29 is 13.2 Å². The van der Waals surface area contributed by atoms with Gasteiger partial charge in [-0.2, -0.15) is 0 Å².